The van der Waals surface area contributed by atoms with Crippen LogP contribution in [0.5, 0.6) is 0 Å². The molecule has 0 aromatic heterocycles. The fourth-order valence-electron chi connectivity index (χ4n) is 3.54. The number of nitrogens with zero attached hydrogens (tertiary/aromatic N) is 2. The average Bonchev–Trinajstić information content (AvgIpc) is 2.55. The average molecular weight is 394 g/mol. The maximum Gasteiger partial charge on any atom is 0.489 e. The number of hydrogen-bond donors (Lipinski definition) is 3. The molecule has 0 bridgehead atoms. The number of carbonyl (C=O) groups is 1. The molecule has 6 nitrogen and oxygen atoms in total. The van der Waals surface area contributed by atoms with E-state index in [-0.39, 0.29) is 6.09 Å². The van der Waals surface area contributed by atoms with Crippen molar-refractivity contribution in [3.8, 4) is 0 Å². The van der Waals surface area contributed by atoms with E-state index < -0.39 is 12.7 Å². The van der Waals surface area contributed by atoms with Crippen molar-refractivity contribution < 1.29 is 19.6 Å². The third-order valence-electron chi connectivity index (χ3n) is 5.09. The summed E-state index contributed by atoms with van der Waals surface area (Å²) in [5.41, 5.74) is 3.88. The maximum absolute atomic E-state index is 12.2. The Bertz CT molecular complexity index is 711. The summed E-state index contributed by atoms with van der Waals surface area (Å²) >= 11 is 4.58. The Labute approximate surface area is 168 Å². The second kappa shape index (κ2) is 8.43. The van der Waals surface area contributed by atoms with Gasteiger partial charge in [-0.2, -0.15) is 0 Å². The van der Waals surface area contributed by atoms with Gasteiger partial charge < -0.3 is 19.7 Å². The second-order valence-electron chi connectivity index (χ2n) is 8.23. The number of ether oxygens (including phenoxy) is 1. The molecular formula is C19H31BN2O4S. The molecule has 1 aromatic rings. The zero-order valence-corrected chi connectivity index (χ0v) is 18.1. The number of rotatable bonds is 3. The van der Waals surface area contributed by atoms with E-state index in [1.54, 1.807) is 4.90 Å². The Morgan fingerprint density at radius 2 is 1.63 bits per heavy atom. The molecule has 0 atom stereocenters. The van der Waals surface area contributed by atoms with E-state index in [0.29, 0.717) is 25.1 Å². The molecule has 2 N–H and O–H groups in total. The van der Waals surface area contributed by atoms with E-state index in [9.17, 15) is 14.8 Å². The molecule has 0 unspecified atom stereocenters. The van der Waals surface area contributed by atoms with Gasteiger partial charge >= 0.3 is 13.2 Å². The summed E-state index contributed by atoms with van der Waals surface area (Å²) in [5, 5.41) is 19.5. The smallest absolute Gasteiger partial charge is 0.444 e. The zero-order valence-electron chi connectivity index (χ0n) is 17.2. The molecule has 1 aliphatic rings. The van der Waals surface area contributed by atoms with Gasteiger partial charge in [-0.05, 0) is 69.3 Å². The number of carbonyl (C=O) groups excluding carboxylic acids is 1. The van der Waals surface area contributed by atoms with Crippen molar-refractivity contribution in [1.29, 1.82) is 0 Å². The number of thiol groups is 1. The Kier molecular flexibility index (Phi) is 6.89. The summed E-state index contributed by atoms with van der Waals surface area (Å²) in [7, 11) is -1.51. The minimum atomic E-state index is -1.51. The molecule has 1 aromatic carbocycles. The maximum atomic E-state index is 12.2. The molecule has 0 aliphatic carbocycles. The normalized spacial score (nSPS) is 15.8. The molecular weight excluding hydrogens is 363 g/mol. The van der Waals surface area contributed by atoms with Crippen LogP contribution in [0.4, 0.5) is 4.79 Å². The van der Waals surface area contributed by atoms with E-state index in [1.807, 2.05) is 41.5 Å². The van der Waals surface area contributed by atoms with Gasteiger partial charge in [0, 0.05) is 37.6 Å². The van der Waals surface area contributed by atoms with Crippen LogP contribution in [-0.2, 0) is 11.3 Å². The lowest BCUT2D eigenvalue weighted by Crippen LogP contribution is -2.49. The quantitative estimate of drug-likeness (QED) is 0.537. The van der Waals surface area contributed by atoms with Crippen molar-refractivity contribution in [3.63, 3.8) is 0 Å². The van der Waals surface area contributed by atoms with E-state index >= 15 is 0 Å². The van der Waals surface area contributed by atoms with Gasteiger partial charge in [0.05, 0.1) is 0 Å². The Morgan fingerprint density at radius 1 is 1.07 bits per heavy atom. The Hall–Kier alpha value is -1.22. The number of benzene rings is 1. The lowest BCUT2D eigenvalue weighted by atomic mass is 9.72. The van der Waals surface area contributed by atoms with Crippen molar-refractivity contribution >= 4 is 31.3 Å². The molecule has 0 radical (unpaired) electrons. The van der Waals surface area contributed by atoms with Crippen LogP contribution in [0.2, 0.25) is 0 Å². The predicted molar refractivity (Wildman–Crippen MR) is 111 cm³/mol. The zero-order chi connectivity index (χ0) is 20.5. The molecule has 150 valence electrons. The van der Waals surface area contributed by atoms with Crippen molar-refractivity contribution in [2.75, 3.05) is 26.2 Å². The molecule has 1 fully saturated rings. The van der Waals surface area contributed by atoms with Crippen LogP contribution in [0.3, 0.4) is 0 Å². The van der Waals surface area contributed by atoms with Crippen LogP contribution >= 0.6 is 12.6 Å². The van der Waals surface area contributed by atoms with Gasteiger partial charge in [-0.15, -0.1) is 12.6 Å². The third kappa shape index (κ3) is 5.19. The van der Waals surface area contributed by atoms with E-state index in [4.69, 9.17) is 4.74 Å². The van der Waals surface area contributed by atoms with Gasteiger partial charge in [-0.25, -0.2) is 4.79 Å². The molecule has 1 heterocycles. The first kappa shape index (κ1) is 22.1. The lowest BCUT2D eigenvalue weighted by molar-refractivity contribution is 0.0138. The van der Waals surface area contributed by atoms with Crippen LogP contribution in [0.15, 0.2) is 4.90 Å². The number of hydrogen-bond acceptors (Lipinski definition) is 6. The minimum absolute atomic E-state index is 0.270. The molecule has 0 saturated carbocycles. The Balaban J connectivity index is 2.11. The standard InChI is InChI=1S/C19H31BN2O4S/c1-12-15(13(2)17(27)14(3)16(12)20(24)25)11-21-7-9-22(10-8-21)18(23)26-19(4,5)6/h24-25,27H,7-11H2,1-6H3. The van der Waals surface area contributed by atoms with Crippen molar-refractivity contribution in [2.24, 2.45) is 0 Å². The van der Waals surface area contributed by atoms with Gasteiger partial charge in [0.15, 0.2) is 0 Å². The van der Waals surface area contributed by atoms with Gasteiger partial charge in [-0.1, -0.05) is 0 Å². The molecule has 1 aliphatic heterocycles. The van der Waals surface area contributed by atoms with Crippen LogP contribution in [0.1, 0.15) is 43.0 Å². The summed E-state index contributed by atoms with van der Waals surface area (Å²) < 4.78 is 5.44. The predicted octanol–water partition coefficient (Wildman–Crippen LogP) is 1.63. The molecule has 0 spiro atoms. The fourth-order valence-corrected chi connectivity index (χ4v) is 3.80. The van der Waals surface area contributed by atoms with E-state index in [0.717, 1.165) is 40.2 Å². The first-order valence-corrected chi connectivity index (χ1v) is 9.75. The molecule has 1 amide bonds. The fraction of sp³-hybridized carbons (Fsp3) is 0.632. The van der Waals surface area contributed by atoms with Gasteiger partial charge in [0.2, 0.25) is 0 Å². The highest BCUT2D eigenvalue weighted by atomic mass is 32.1. The van der Waals surface area contributed by atoms with Crippen LogP contribution < -0.4 is 5.46 Å². The monoisotopic (exact) mass is 394 g/mol. The van der Waals surface area contributed by atoms with Gasteiger partial charge in [0.1, 0.15) is 5.60 Å². The van der Waals surface area contributed by atoms with Crippen LogP contribution in [0, 0.1) is 20.8 Å². The SMILES string of the molecule is Cc1c(S)c(C)c(B(O)O)c(C)c1CN1CCN(C(=O)OC(C)(C)C)CC1. The second-order valence-corrected chi connectivity index (χ2v) is 8.68. The highest BCUT2D eigenvalue weighted by Gasteiger charge is 2.28. The first-order valence-electron chi connectivity index (χ1n) is 9.30. The topological polar surface area (TPSA) is 73.2 Å². The van der Waals surface area contributed by atoms with E-state index in [2.05, 4.69) is 17.5 Å². The first-order chi connectivity index (χ1) is 12.4. The summed E-state index contributed by atoms with van der Waals surface area (Å²) in [6.07, 6.45) is -0.270. The number of amides is 1. The van der Waals surface area contributed by atoms with E-state index in [1.165, 1.54) is 0 Å². The van der Waals surface area contributed by atoms with Crippen LogP contribution in [-0.4, -0.2) is 64.8 Å². The molecule has 1 saturated heterocycles. The van der Waals surface area contributed by atoms with Crippen LogP contribution in [0.25, 0.3) is 0 Å². The summed E-state index contributed by atoms with van der Waals surface area (Å²) in [6.45, 7) is 14.8. The number of piperazine rings is 1. The van der Waals surface area contributed by atoms with Gasteiger partial charge in [0.25, 0.3) is 0 Å². The largest absolute Gasteiger partial charge is 0.489 e. The molecule has 8 heteroatoms. The van der Waals surface area contributed by atoms with Crippen molar-refractivity contribution in [1.82, 2.24) is 9.80 Å². The highest BCUT2D eigenvalue weighted by molar-refractivity contribution is 7.80. The third-order valence-corrected chi connectivity index (χ3v) is 5.76. The minimum Gasteiger partial charge on any atom is -0.444 e. The molecule has 27 heavy (non-hydrogen) atoms. The van der Waals surface area contributed by atoms with Gasteiger partial charge in [-0.3, -0.25) is 4.90 Å². The molecule has 2 rings (SSSR count). The summed E-state index contributed by atoms with van der Waals surface area (Å²) in [6, 6.07) is 0. The highest BCUT2D eigenvalue weighted by Crippen LogP contribution is 2.26. The Morgan fingerprint density at radius 3 is 2.11 bits per heavy atom. The summed E-state index contributed by atoms with van der Waals surface area (Å²) in [4.78, 5) is 17.0. The van der Waals surface area contributed by atoms with Crippen molar-refractivity contribution in [2.45, 2.75) is 58.6 Å². The lowest BCUT2D eigenvalue weighted by Gasteiger charge is -2.36. The summed E-state index contributed by atoms with van der Waals surface area (Å²) in [5.74, 6) is 0. The van der Waals surface area contributed by atoms with Crippen molar-refractivity contribution in [3.05, 3.63) is 22.3 Å².